The molecule has 1 aliphatic rings. The van der Waals surface area contributed by atoms with E-state index in [1.165, 1.54) is 4.31 Å². The van der Waals surface area contributed by atoms with Crippen LogP contribution in [0.25, 0.3) is 0 Å². The summed E-state index contributed by atoms with van der Waals surface area (Å²) in [6, 6.07) is 0.309. The molecule has 1 saturated heterocycles. The van der Waals surface area contributed by atoms with Crippen molar-refractivity contribution in [3.63, 3.8) is 0 Å². The van der Waals surface area contributed by atoms with Gasteiger partial charge in [0.1, 0.15) is 0 Å². The Labute approximate surface area is 112 Å². The zero-order chi connectivity index (χ0) is 13.8. The fraction of sp³-hybridized carbons (Fsp3) is 1.00. The van der Waals surface area contributed by atoms with E-state index in [0.717, 1.165) is 32.2 Å². The van der Waals surface area contributed by atoms with Gasteiger partial charge in [0.05, 0.1) is 0 Å². The van der Waals surface area contributed by atoms with Crippen LogP contribution in [0.15, 0.2) is 0 Å². The van der Waals surface area contributed by atoms with Gasteiger partial charge in [-0.3, -0.25) is 0 Å². The molecule has 1 N–H and O–H groups in total. The fourth-order valence-electron chi connectivity index (χ4n) is 2.60. The van der Waals surface area contributed by atoms with Gasteiger partial charge in [-0.25, -0.2) is 0 Å². The Balaban J connectivity index is 2.71. The summed E-state index contributed by atoms with van der Waals surface area (Å²) in [6.07, 6.45) is 3.70. The second kappa shape index (κ2) is 6.84. The molecule has 0 radical (unpaired) electrons. The maximum Gasteiger partial charge on any atom is 0.282 e. The summed E-state index contributed by atoms with van der Waals surface area (Å²) in [5.74, 6) is 0. The van der Waals surface area contributed by atoms with Crippen LogP contribution in [0.5, 0.6) is 0 Å². The standard InChI is InChI=1S/C12H27N3O2S/c1-5-12-8-7-11(2)15(12)18(16,17)14(4)10-6-9-13-3/h11-13H,5-10H2,1-4H3. The summed E-state index contributed by atoms with van der Waals surface area (Å²) in [5, 5.41) is 3.04. The van der Waals surface area contributed by atoms with E-state index in [2.05, 4.69) is 12.2 Å². The molecule has 1 heterocycles. The minimum atomic E-state index is -3.29. The quantitative estimate of drug-likeness (QED) is 0.707. The molecule has 0 aromatic heterocycles. The van der Waals surface area contributed by atoms with Crippen LogP contribution >= 0.6 is 0 Å². The highest BCUT2D eigenvalue weighted by Gasteiger charge is 2.40. The van der Waals surface area contributed by atoms with Crippen molar-refractivity contribution in [2.75, 3.05) is 27.2 Å². The largest absolute Gasteiger partial charge is 0.320 e. The molecule has 2 atom stereocenters. The maximum atomic E-state index is 12.5. The molecule has 18 heavy (non-hydrogen) atoms. The lowest BCUT2D eigenvalue weighted by molar-refractivity contribution is 0.297. The van der Waals surface area contributed by atoms with Gasteiger partial charge in [0.2, 0.25) is 0 Å². The first-order valence-corrected chi connectivity index (χ1v) is 8.24. The zero-order valence-electron chi connectivity index (χ0n) is 12.0. The zero-order valence-corrected chi connectivity index (χ0v) is 12.8. The number of rotatable bonds is 7. The molecule has 0 bridgehead atoms. The lowest BCUT2D eigenvalue weighted by atomic mass is 10.2. The van der Waals surface area contributed by atoms with Gasteiger partial charge >= 0.3 is 0 Å². The maximum absolute atomic E-state index is 12.5. The second-order valence-corrected chi connectivity index (χ2v) is 7.05. The lowest BCUT2D eigenvalue weighted by Crippen LogP contribution is -2.47. The SMILES string of the molecule is CCC1CCC(C)N1S(=O)(=O)N(C)CCCNC. The number of nitrogens with zero attached hydrogens (tertiary/aromatic N) is 2. The van der Waals surface area contributed by atoms with Crippen molar-refractivity contribution in [3.8, 4) is 0 Å². The topological polar surface area (TPSA) is 52.7 Å². The van der Waals surface area contributed by atoms with Crippen molar-refractivity contribution in [1.82, 2.24) is 13.9 Å². The van der Waals surface area contributed by atoms with Crippen LogP contribution in [-0.4, -0.2) is 56.3 Å². The van der Waals surface area contributed by atoms with Gasteiger partial charge in [0.25, 0.3) is 10.2 Å². The predicted molar refractivity (Wildman–Crippen MR) is 74.7 cm³/mol. The van der Waals surface area contributed by atoms with E-state index in [9.17, 15) is 8.42 Å². The third-order valence-electron chi connectivity index (χ3n) is 3.74. The van der Waals surface area contributed by atoms with E-state index in [0.29, 0.717) is 6.54 Å². The second-order valence-electron chi connectivity index (χ2n) is 5.10. The van der Waals surface area contributed by atoms with Crippen molar-refractivity contribution in [2.45, 2.75) is 51.6 Å². The smallest absolute Gasteiger partial charge is 0.282 e. The molecule has 0 aromatic carbocycles. The van der Waals surface area contributed by atoms with E-state index >= 15 is 0 Å². The Morgan fingerprint density at radius 1 is 1.39 bits per heavy atom. The van der Waals surface area contributed by atoms with Crippen molar-refractivity contribution in [3.05, 3.63) is 0 Å². The van der Waals surface area contributed by atoms with E-state index in [1.807, 2.05) is 14.0 Å². The Bertz CT molecular complexity index is 345. The Morgan fingerprint density at radius 3 is 2.61 bits per heavy atom. The summed E-state index contributed by atoms with van der Waals surface area (Å²) in [6.45, 7) is 5.48. The van der Waals surface area contributed by atoms with Gasteiger partial charge in [-0.1, -0.05) is 6.92 Å². The molecule has 0 aliphatic carbocycles. The van der Waals surface area contributed by atoms with Gasteiger partial charge in [-0.15, -0.1) is 0 Å². The summed E-state index contributed by atoms with van der Waals surface area (Å²) < 4.78 is 28.3. The van der Waals surface area contributed by atoms with E-state index in [-0.39, 0.29) is 12.1 Å². The highest BCUT2D eigenvalue weighted by Crippen LogP contribution is 2.30. The van der Waals surface area contributed by atoms with Crippen LogP contribution in [0.2, 0.25) is 0 Å². The first kappa shape index (κ1) is 15.9. The van der Waals surface area contributed by atoms with Gasteiger partial charge in [0, 0.05) is 25.7 Å². The van der Waals surface area contributed by atoms with E-state index in [1.54, 1.807) is 11.4 Å². The summed E-state index contributed by atoms with van der Waals surface area (Å²) in [4.78, 5) is 0. The van der Waals surface area contributed by atoms with Gasteiger partial charge in [-0.2, -0.15) is 17.0 Å². The lowest BCUT2D eigenvalue weighted by Gasteiger charge is -2.31. The third kappa shape index (κ3) is 3.44. The summed E-state index contributed by atoms with van der Waals surface area (Å²) >= 11 is 0. The Morgan fingerprint density at radius 2 is 2.06 bits per heavy atom. The monoisotopic (exact) mass is 277 g/mol. The average Bonchev–Trinajstić information content (AvgIpc) is 2.71. The minimum Gasteiger partial charge on any atom is -0.320 e. The highest BCUT2D eigenvalue weighted by atomic mass is 32.2. The first-order chi connectivity index (χ1) is 8.45. The molecule has 0 saturated carbocycles. The van der Waals surface area contributed by atoms with E-state index < -0.39 is 10.2 Å². The van der Waals surface area contributed by atoms with Crippen LogP contribution < -0.4 is 5.32 Å². The van der Waals surface area contributed by atoms with Crippen molar-refractivity contribution in [1.29, 1.82) is 0 Å². The molecule has 0 spiro atoms. The molecule has 0 aromatic rings. The van der Waals surface area contributed by atoms with Crippen LogP contribution in [0, 0.1) is 0 Å². The molecular formula is C12H27N3O2S. The minimum absolute atomic E-state index is 0.131. The van der Waals surface area contributed by atoms with Crippen LogP contribution in [-0.2, 0) is 10.2 Å². The van der Waals surface area contributed by atoms with Crippen LogP contribution in [0.3, 0.4) is 0 Å². The van der Waals surface area contributed by atoms with Crippen molar-refractivity contribution in [2.24, 2.45) is 0 Å². The average molecular weight is 277 g/mol. The Hall–Kier alpha value is -0.170. The first-order valence-electron chi connectivity index (χ1n) is 6.84. The molecule has 108 valence electrons. The fourth-order valence-corrected chi connectivity index (χ4v) is 4.48. The van der Waals surface area contributed by atoms with Crippen molar-refractivity contribution >= 4 is 10.2 Å². The molecule has 5 nitrogen and oxygen atoms in total. The third-order valence-corrected chi connectivity index (χ3v) is 5.90. The number of hydrogen-bond acceptors (Lipinski definition) is 3. The van der Waals surface area contributed by atoms with Gasteiger partial charge < -0.3 is 5.32 Å². The number of hydrogen-bond donors (Lipinski definition) is 1. The van der Waals surface area contributed by atoms with Crippen LogP contribution in [0.4, 0.5) is 0 Å². The molecule has 1 aliphatic heterocycles. The molecule has 0 amide bonds. The Kier molecular flexibility index (Phi) is 6.04. The molecule has 2 unspecified atom stereocenters. The predicted octanol–water partition coefficient (Wildman–Crippen LogP) is 1.04. The highest BCUT2D eigenvalue weighted by molar-refractivity contribution is 7.86. The van der Waals surface area contributed by atoms with Crippen molar-refractivity contribution < 1.29 is 8.42 Å². The molecule has 6 heteroatoms. The van der Waals surface area contributed by atoms with Gasteiger partial charge in [0.15, 0.2) is 0 Å². The normalized spacial score (nSPS) is 26.1. The molecule has 1 fully saturated rings. The van der Waals surface area contributed by atoms with Crippen LogP contribution in [0.1, 0.15) is 39.5 Å². The molecule has 1 rings (SSSR count). The summed E-state index contributed by atoms with van der Waals surface area (Å²) in [7, 11) is 0.272. The number of nitrogens with one attached hydrogen (secondary N) is 1. The van der Waals surface area contributed by atoms with Gasteiger partial charge in [-0.05, 0) is 46.2 Å². The molecular weight excluding hydrogens is 250 g/mol. The summed E-state index contributed by atoms with van der Waals surface area (Å²) in [5.41, 5.74) is 0. The van der Waals surface area contributed by atoms with E-state index in [4.69, 9.17) is 0 Å².